The summed E-state index contributed by atoms with van der Waals surface area (Å²) in [7, 11) is 0. The zero-order valence-corrected chi connectivity index (χ0v) is 8.15. The molecule has 0 aliphatic heterocycles. The van der Waals surface area contributed by atoms with E-state index in [1.165, 1.54) is 0 Å². The topological polar surface area (TPSA) is 98.0 Å². The molecule has 0 aromatic rings. The molecule has 84 valence electrons. The van der Waals surface area contributed by atoms with Gasteiger partial charge in [0.15, 0.2) is 0 Å². The van der Waals surface area contributed by atoms with Crippen LogP contribution in [0.1, 0.15) is 19.3 Å². The first kappa shape index (κ1) is 13.5. The lowest BCUT2D eigenvalue weighted by Gasteiger charge is -2.20. The van der Waals surface area contributed by atoms with E-state index in [1.54, 1.807) is 0 Å². The summed E-state index contributed by atoms with van der Waals surface area (Å²) in [4.78, 5) is 11.0. The smallest absolute Gasteiger partial charge is 0.143 e. The van der Waals surface area contributed by atoms with Gasteiger partial charge in [-0.05, 0) is 12.8 Å². The maximum absolute atomic E-state index is 11.0. The lowest BCUT2D eigenvalue weighted by Crippen LogP contribution is -2.33. The minimum Gasteiger partial charge on any atom is -0.395 e. The number of carbonyl (C=O) groups excluding carboxylic acids is 1. The molecule has 4 N–H and O–H groups in total. The number of ketones is 1. The van der Waals surface area contributed by atoms with Crippen molar-refractivity contribution in [1.82, 2.24) is 0 Å². The Balaban J connectivity index is 0.000000364. The molecule has 1 fully saturated rings. The van der Waals surface area contributed by atoms with Crippen molar-refractivity contribution in [2.75, 3.05) is 26.4 Å². The van der Waals surface area contributed by atoms with Crippen LogP contribution in [0.5, 0.6) is 0 Å². The molecule has 1 aliphatic carbocycles. The van der Waals surface area contributed by atoms with Crippen molar-refractivity contribution in [3.8, 4) is 0 Å². The molecule has 0 aromatic carbocycles. The molecule has 1 aliphatic rings. The number of aliphatic hydroxyl groups is 4. The van der Waals surface area contributed by atoms with Crippen molar-refractivity contribution in [1.29, 1.82) is 0 Å². The van der Waals surface area contributed by atoms with Crippen molar-refractivity contribution in [3.63, 3.8) is 0 Å². The van der Waals surface area contributed by atoms with Crippen molar-refractivity contribution in [2.45, 2.75) is 19.3 Å². The normalized spacial score (nSPS) is 19.0. The van der Waals surface area contributed by atoms with Gasteiger partial charge in [-0.15, -0.1) is 0 Å². The zero-order valence-electron chi connectivity index (χ0n) is 8.15. The summed E-state index contributed by atoms with van der Waals surface area (Å²) in [6, 6.07) is 0. The van der Waals surface area contributed by atoms with E-state index in [0.717, 1.165) is 6.42 Å². The van der Waals surface area contributed by atoms with Crippen LogP contribution in [-0.4, -0.2) is 52.6 Å². The minimum absolute atomic E-state index is 0.0116. The predicted octanol–water partition coefficient (Wildman–Crippen LogP) is -1.32. The molecule has 0 aromatic heterocycles. The number of carbonyl (C=O) groups is 1. The molecule has 0 saturated heterocycles. The van der Waals surface area contributed by atoms with E-state index < -0.39 is 5.41 Å². The van der Waals surface area contributed by atoms with Crippen LogP contribution in [0, 0.1) is 5.41 Å². The summed E-state index contributed by atoms with van der Waals surface area (Å²) in [6.07, 6.45) is 1.96. The van der Waals surface area contributed by atoms with E-state index in [9.17, 15) is 4.79 Å². The predicted molar refractivity (Wildman–Crippen MR) is 49.6 cm³/mol. The molecule has 0 heterocycles. The number of hydrogen-bond acceptors (Lipinski definition) is 5. The Bertz CT molecular complexity index is 163. The van der Waals surface area contributed by atoms with Crippen molar-refractivity contribution < 1.29 is 25.2 Å². The Kier molecular flexibility index (Phi) is 6.65. The van der Waals surface area contributed by atoms with Crippen LogP contribution < -0.4 is 0 Å². The fourth-order valence-corrected chi connectivity index (χ4v) is 1.38. The second-order valence-corrected chi connectivity index (χ2v) is 3.32. The van der Waals surface area contributed by atoms with Gasteiger partial charge in [0.2, 0.25) is 0 Å². The highest BCUT2D eigenvalue weighted by molar-refractivity contribution is 5.87. The summed E-state index contributed by atoms with van der Waals surface area (Å²) in [6.45, 7) is -0.662. The highest BCUT2D eigenvalue weighted by atomic mass is 16.3. The van der Waals surface area contributed by atoms with Crippen molar-refractivity contribution in [3.05, 3.63) is 0 Å². The van der Waals surface area contributed by atoms with E-state index >= 15 is 0 Å². The highest BCUT2D eigenvalue weighted by Crippen LogP contribution is 2.33. The Morgan fingerprint density at radius 3 is 1.71 bits per heavy atom. The van der Waals surface area contributed by atoms with Gasteiger partial charge in [0.1, 0.15) is 5.78 Å². The molecule has 0 atom stereocenters. The Morgan fingerprint density at radius 2 is 1.57 bits per heavy atom. The van der Waals surface area contributed by atoms with E-state index in [1.807, 2.05) is 0 Å². The molecule has 0 spiro atoms. The fraction of sp³-hybridized carbons (Fsp3) is 0.889. The molecular formula is C9H18O5. The first-order valence-electron chi connectivity index (χ1n) is 4.63. The second-order valence-electron chi connectivity index (χ2n) is 3.32. The average molecular weight is 206 g/mol. The Labute approximate surface area is 83.0 Å². The van der Waals surface area contributed by atoms with E-state index in [4.69, 9.17) is 20.4 Å². The number of Topliss-reactive ketones (excluding diaryl/α,β-unsaturated/α-hetero) is 1. The second kappa shape index (κ2) is 6.89. The minimum atomic E-state index is -0.792. The summed E-state index contributed by atoms with van der Waals surface area (Å²) in [5.74, 6) is 0.0116. The van der Waals surface area contributed by atoms with Crippen LogP contribution in [0.25, 0.3) is 0 Å². The molecule has 1 saturated carbocycles. The van der Waals surface area contributed by atoms with Gasteiger partial charge >= 0.3 is 0 Å². The highest BCUT2D eigenvalue weighted by Gasteiger charge is 2.40. The van der Waals surface area contributed by atoms with Crippen molar-refractivity contribution >= 4 is 5.78 Å². The molecule has 14 heavy (non-hydrogen) atoms. The molecule has 0 unspecified atom stereocenters. The molecule has 0 bridgehead atoms. The summed E-state index contributed by atoms with van der Waals surface area (Å²) < 4.78 is 0. The average Bonchev–Trinajstić information content (AvgIpc) is 2.60. The number of hydrogen-bond donors (Lipinski definition) is 4. The molecular weight excluding hydrogens is 188 g/mol. The quantitative estimate of drug-likeness (QED) is 0.459. The van der Waals surface area contributed by atoms with Gasteiger partial charge in [-0.2, -0.15) is 0 Å². The molecule has 1 rings (SSSR count). The van der Waals surface area contributed by atoms with Crippen LogP contribution in [0.2, 0.25) is 0 Å². The maximum Gasteiger partial charge on any atom is 0.143 e. The van der Waals surface area contributed by atoms with Crippen molar-refractivity contribution in [2.24, 2.45) is 5.41 Å². The van der Waals surface area contributed by atoms with Crippen LogP contribution in [0.4, 0.5) is 0 Å². The van der Waals surface area contributed by atoms with Gasteiger partial charge in [-0.1, -0.05) is 0 Å². The van der Waals surface area contributed by atoms with E-state index in [-0.39, 0.29) is 32.2 Å². The SMILES string of the molecule is O=C1CCCC1(CO)CO.OCCO. The lowest BCUT2D eigenvalue weighted by molar-refractivity contribution is -0.130. The molecule has 0 radical (unpaired) electrons. The van der Waals surface area contributed by atoms with E-state index in [2.05, 4.69) is 0 Å². The van der Waals surface area contributed by atoms with E-state index in [0.29, 0.717) is 12.8 Å². The van der Waals surface area contributed by atoms with Crippen LogP contribution in [0.3, 0.4) is 0 Å². The third-order valence-corrected chi connectivity index (χ3v) is 2.36. The van der Waals surface area contributed by atoms with Crippen LogP contribution in [0.15, 0.2) is 0 Å². The van der Waals surface area contributed by atoms with Gasteiger partial charge in [0.05, 0.1) is 31.8 Å². The number of rotatable bonds is 3. The first-order chi connectivity index (χ1) is 6.66. The van der Waals surface area contributed by atoms with Gasteiger partial charge in [-0.3, -0.25) is 4.79 Å². The number of aliphatic hydroxyl groups excluding tert-OH is 4. The lowest BCUT2D eigenvalue weighted by atomic mass is 9.87. The summed E-state index contributed by atoms with van der Waals surface area (Å²) in [5, 5.41) is 32.9. The maximum atomic E-state index is 11.0. The van der Waals surface area contributed by atoms with Gasteiger partial charge in [-0.25, -0.2) is 0 Å². The zero-order chi connectivity index (χ0) is 11.0. The summed E-state index contributed by atoms with van der Waals surface area (Å²) >= 11 is 0. The van der Waals surface area contributed by atoms with Gasteiger partial charge in [0, 0.05) is 6.42 Å². The Hall–Kier alpha value is -0.490. The first-order valence-corrected chi connectivity index (χ1v) is 4.63. The third-order valence-electron chi connectivity index (χ3n) is 2.36. The molecule has 5 nitrogen and oxygen atoms in total. The van der Waals surface area contributed by atoms with Crippen LogP contribution in [-0.2, 0) is 4.79 Å². The molecule has 5 heteroatoms. The third kappa shape index (κ3) is 3.34. The monoisotopic (exact) mass is 206 g/mol. The van der Waals surface area contributed by atoms with Crippen LogP contribution >= 0.6 is 0 Å². The Morgan fingerprint density at radius 1 is 1.07 bits per heavy atom. The van der Waals surface area contributed by atoms with Gasteiger partial charge < -0.3 is 20.4 Å². The fourth-order valence-electron chi connectivity index (χ4n) is 1.38. The molecule has 0 amide bonds. The summed E-state index contributed by atoms with van der Waals surface area (Å²) in [5.41, 5.74) is -0.792. The van der Waals surface area contributed by atoms with Gasteiger partial charge in [0.25, 0.3) is 0 Å². The largest absolute Gasteiger partial charge is 0.395 e. The standard InChI is InChI=1S/C7H12O3.C2H6O2/c8-4-7(5-9)3-1-2-6(7)10;3-1-2-4/h8-9H,1-5H2;3-4H,1-2H2.